The van der Waals surface area contributed by atoms with Gasteiger partial charge in [-0.25, -0.2) is 8.42 Å². The topological polar surface area (TPSA) is 118 Å². The average Bonchev–Trinajstić information content (AvgIpc) is 2.73. The number of nitro groups is 1. The van der Waals surface area contributed by atoms with Gasteiger partial charge in [0, 0.05) is 23.4 Å². The number of nitro benzene ring substituents is 1. The zero-order chi connectivity index (χ0) is 14.9. The first-order valence-electron chi connectivity index (χ1n) is 5.59. The molecule has 0 atom stereocenters. The van der Waals surface area contributed by atoms with E-state index in [2.05, 4.69) is 14.9 Å². The van der Waals surface area contributed by atoms with Crippen molar-refractivity contribution in [3.63, 3.8) is 0 Å². The number of hydrogen-bond donors (Lipinski definition) is 2. The van der Waals surface area contributed by atoms with Gasteiger partial charge in [0.2, 0.25) is 0 Å². The molecule has 1 aromatic carbocycles. The summed E-state index contributed by atoms with van der Waals surface area (Å²) in [6, 6.07) is 5.24. The van der Waals surface area contributed by atoms with Crippen molar-refractivity contribution in [2.45, 2.75) is 18.7 Å². The molecule has 0 bridgehead atoms. The van der Waals surface area contributed by atoms with Crippen molar-refractivity contribution < 1.29 is 13.3 Å². The summed E-state index contributed by atoms with van der Waals surface area (Å²) in [7, 11) is -3.91. The third-order valence-electron chi connectivity index (χ3n) is 2.63. The molecule has 20 heavy (non-hydrogen) atoms. The first kappa shape index (κ1) is 14.0. The number of aryl methyl sites for hydroxylation is 2. The standard InChI is InChI=1S/C11H12N4O4S/c1-7-3-4-9(6-10(7)15(16)17)20(18,19)14-11-5-8(2)12-13-11/h3-6H,1-2H3,(H2,12,13,14). The molecule has 1 aromatic heterocycles. The van der Waals surface area contributed by atoms with E-state index in [0.717, 1.165) is 6.07 Å². The number of rotatable bonds is 4. The highest BCUT2D eigenvalue weighted by Gasteiger charge is 2.20. The third-order valence-corrected chi connectivity index (χ3v) is 3.98. The number of nitrogens with one attached hydrogen (secondary N) is 2. The Hall–Kier alpha value is -2.42. The SMILES string of the molecule is Cc1cc(NS(=O)(=O)c2ccc(C)c([N+](=O)[O-])c2)n[nH]1. The van der Waals surface area contributed by atoms with Crippen LogP contribution in [0.2, 0.25) is 0 Å². The Morgan fingerprint density at radius 3 is 2.55 bits per heavy atom. The molecule has 2 N–H and O–H groups in total. The summed E-state index contributed by atoms with van der Waals surface area (Å²) in [5, 5.41) is 17.2. The second-order valence-corrected chi connectivity index (χ2v) is 5.93. The van der Waals surface area contributed by atoms with E-state index in [1.54, 1.807) is 13.8 Å². The predicted octanol–water partition coefficient (Wildman–Crippen LogP) is 1.74. The van der Waals surface area contributed by atoms with Crippen LogP contribution in [0.3, 0.4) is 0 Å². The smallest absolute Gasteiger partial charge is 0.273 e. The van der Waals surface area contributed by atoms with Gasteiger partial charge in [-0.1, -0.05) is 6.07 Å². The highest BCUT2D eigenvalue weighted by molar-refractivity contribution is 7.92. The van der Waals surface area contributed by atoms with Crippen LogP contribution in [0.15, 0.2) is 29.2 Å². The van der Waals surface area contributed by atoms with E-state index in [0.29, 0.717) is 11.3 Å². The van der Waals surface area contributed by atoms with Gasteiger partial charge in [0.25, 0.3) is 15.7 Å². The summed E-state index contributed by atoms with van der Waals surface area (Å²) >= 11 is 0. The third kappa shape index (κ3) is 2.77. The first-order chi connectivity index (χ1) is 9.29. The molecule has 9 heteroatoms. The Bertz CT molecular complexity index is 766. The summed E-state index contributed by atoms with van der Waals surface area (Å²) in [6.45, 7) is 3.26. The maximum atomic E-state index is 12.1. The van der Waals surface area contributed by atoms with Gasteiger partial charge in [-0.2, -0.15) is 5.10 Å². The molecule has 0 spiro atoms. The molecule has 0 aliphatic heterocycles. The number of anilines is 1. The molecule has 0 saturated carbocycles. The molecule has 0 aliphatic carbocycles. The molecule has 2 rings (SSSR count). The van der Waals surface area contributed by atoms with E-state index in [-0.39, 0.29) is 16.4 Å². The minimum absolute atomic E-state index is 0.130. The lowest BCUT2D eigenvalue weighted by molar-refractivity contribution is -0.385. The molecule has 0 unspecified atom stereocenters. The fraction of sp³-hybridized carbons (Fsp3) is 0.182. The summed E-state index contributed by atoms with van der Waals surface area (Å²) in [5.41, 5.74) is 0.841. The van der Waals surface area contributed by atoms with E-state index in [1.807, 2.05) is 0 Å². The van der Waals surface area contributed by atoms with Crippen LogP contribution in [0.4, 0.5) is 11.5 Å². The van der Waals surface area contributed by atoms with E-state index in [9.17, 15) is 18.5 Å². The number of aromatic amines is 1. The van der Waals surface area contributed by atoms with Crippen LogP contribution in [0.1, 0.15) is 11.3 Å². The first-order valence-corrected chi connectivity index (χ1v) is 7.08. The molecule has 106 valence electrons. The lowest BCUT2D eigenvalue weighted by Crippen LogP contribution is -2.13. The van der Waals surface area contributed by atoms with Gasteiger partial charge < -0.3 is 0 Å². The normalized spacial score (nSPS) is 11.3. The molecule has 2 aromatic rings. The molecular weight excluding hydrogens is 284 g/mol. The molecule has 1 heterocycles. The van der Waals surface area contributed by atoms with Crippen molar-refractivity contribution in [2.24, 2.45) is 0 Å². The van der Waals surface area contributed by atoms with Crippen molar-refractivity contribution in [1.82, 2.24) is 10.2 Å². The monoisotopic (exact) mass is 296 g/mol. The number of H-pyrrole nitrogens is 1. The molecule has 0 aliphatic rings. The zero-order valence-electron chi connectivity index (χ0n) is 10.7. The zero-order valence-corrected chi connectivity index (χ0v) is 11.6. The average molecular weight is 296 g/mol. The minimum atomic E-state index is -3.91. The fourth-order valence-electron chi connectivity index (χ4n) is 1.62. The number of nitrogens with zero attached hydrogens (tertiary/aromatic N) is 2. The van der Waals surface area contributed by atoms with Crippen molar-refractivity contribution in [3.05, 3.63) is 45.6 Å². The van der Waals surface area contributed by atoms with Crippen LogP contribution in [0, 0.1) is 24.0 Å². The number of hydrogen-bond acceptors (Lipinski definition) is 5. The Morgan fingerprint density at radius 2 is 2.00 bits per heavy atom. The van der Waals surface area contributed by atoms with Crippen LogP contribution in [-0.4, -0.2) is 23.5 Å². The van der Waals surface area contributed by atoms with Crippen LogP contribution in [0.25, 0.3) is 0 Å². The number of benzene rings is 1. The predicted molar refractivity (Wildman–Crippen MR) is 72.0 cm³/mol. The molecule has 0 amide bonds. The van der Waals surface area contributed by atoms with Crippen LogP contribution >= 0.6 is 0 Å². The lowest BCUT2D eigenvalue weighted by Gasteiger charge is -2.06. The Labute approximate surface area is 115 Å². The Balaban J connectivity index is 2.39. The highest BCUT2D eigenvalue weighted by atomic mass is 32.2. The minimum Gasteiger partial charge on any atom is -0.281 e. The van der Waals surface area contributed by atoms with Gasteiger partial charge in [0.1, 0.15) is 0 Å². The van der Waals surface area contributed by atoms with E-state index < -0.39 is 14.9 Å². The summed E-state index contributed by atoms with van der Waals surface area (Å²) in [4.78, 5) is 10.0. The fourth-order valence-corrected chi connectivity index (χ4v) is 2.63. The Morgan fingerprint density at radius 1 is 1.30 bits per heavy atom. The van der Waals surface area contributed by atoms with Gasteiger partial charge in [-0.15, -0.1) is 0 Å². The van der Waals surface area contributed by atoms with Gasteiger partial charge in [-0.05, 0) is 19.9 Å². The number of sulfonamides is 1. The van der Waals surface area contributed by atoms with E-state index in [1.165, 1.54) is 18.2 Å². The summed E-state index contributed by atoms with van der Waals surface area (Å²) in [5.74, 6) is 0.130. The van der Waals surface area contributed by atoms with Gasteiger partial charge >= 0.3 is 0 Å². The van der Waals surface area contributed by atoms with E-state index >= 15 is 0 Å². The van der Waals surface area contributed by atoms with Crippen molar-refractivity contribution in [2.75, 3.05) is 4.72 Å². The van der Waals surface area contributed by atoms with Crippen LogP contribution < -0.4 is 4.72 Å². The molecule has 0 fully saturated rings. The summed E-state index contributed by atoms with van der Waals surface area (Å²) < 4.78 is 26.5. The second-order valence-electron chi connectivity index (χ2n) is 4.25. The number of aromatic nitrogens is 2. The van der Waals surface area contributed by atoms with Crippen LogP contribution in [-0.2, 0) is 10.0 Å². The summed E-state index contributed by atoms with van der Waals surface area (Å²) in [6.07, 6.45) is 0. The highest BCUT2D eigenvalue weighted by Crippen LogP contribution is 2.23. The lowest BCUT2D eigenvalue weighted by atomic mass is 10.2. The largest absolute Gasteiger partial charge is 0.281 e. The van der Waals surface area contributed by atoms with Crippen molar-refractivity contribution >= 4 is 21.5 Å². The van der Waals surface area contributed by atoms with Gasteiger partial charge in [-0.3, -0.25) is 19.9 Å². The van der Waals surface area contributed by atoms with Crippen LogP contribution in [0.5, 0.6) is 0 Å². The van der Waals surface area contributed by atoms with Crippen molar-refractivity contribution in [1.29, 1.82) is 0 Å². The molecule has 0 radical (unpaired) electrons. The van der Waals surface area contributed by atoms with Gasteiger partial charge in [0.15, 0.2) is 5.82 Å². The van der Waals surface area contributed by atoms with E-state index in [4.69, 9.17) is 0 Å². The Kier molecular flexibility index (Phi) is 3.45. The molecule has 0 saturated heterocycles. The molecular formula is C11H12N4O4S. The van der Waals surface area contributed by atoms with Crippen molar-refractivity contribution in [3.8, 4) is 0 Å². The second kappa shape index (κ2) is 4.93. The maximum Gasteiger partial charge on any atom is 0.273 e. The van der Waals surface area contributed by atoms with Gasteiger partial charge in [0.05, 0.1) is 9.82 Å². The maximum absolute atomic E-state index is 12.1. The molecule has 8 nitrogen and oxygen atoms in total. The quantitative estimate of drug-likeness (QED) is 0.658.